The third-order valence-corrected chi connectivity index (χ3v) is 5.32. The fraction of sp³-hybridized carbons (Fsp3) is 0.818. The Labute approximate surface area is 107 Å². The van der Waals surface area contributed by atoms with Crippen LogP contribution in [0.2, 0.25) is 0 Å². The highest BCUT2D eigenvalue weighted by molar-refractivity contribution is 7.90. The number of aromatic nitrogens is 2. The summed E-state index contributed by atoms with van der Waals surface area (Å²) in [5.41, 5.74) is -0.136. The van der Waals surface area contributed by atoms with Gasteiger partial charge in [-0.25, -0.2) is 8.42 Å². The molecule has 2 rings (SSSR count). The van der Waals surface area contributed by atoms with Crippen molar-refractivity contribution in [3.63, 3.8) is 0 Å². The molecule has 6 nitrogen and oxygen atoms in total. The average Bonchev–Trinajstić information content (AvgIpc) is 2.96. The van der Waals surface area contributed by atoms with Crippen LogP contribution in [0.5, 0.6) is 0 Å². The van der Waals surface area contributed by atoms with Gasteiger partial charge in [0.05, 0.1) is 5.41 Å². The SMILES string of the molecule is CCC1(c2nc(C(C)S(C)(=O)=O)no2)CCNC1. The van der Waals surface area contributed by atoms with Gasteiger partial charge in [-0.1, -0.05) is 12.1 Å². The maximum atomic E-state index is 11.5. The molecule has 1 aromatic heterocycles. The fourth-order valence-corrected chi connectivity index (χ4v) is 2.66. The van der Waals surface area contributed by atoms with Gasteiger partial charge in [0.1, 0.15) is 5.25 Å². The lowest BCUT2D eigenvalue weighted by molar-refractivity contribution is 0.283. The van der Waals surface area contributed by atoms with Crippen molar-refractivity contribution in [3.05, 3.63) is 11.7 Å². The summed E-state index contributed by atoms with van der Waals surface area (Å²) in [6.45, 7) is 5.39. The van der Waals surface area contributed by atoms with Crippen LogP contribution in [0.25, 0.3) is 0 Å². The summed E-state index contributed by atoms with van der Waals surface area (Å²) in [6.07, 6.45) is 3.02. The second kappa shape index (κ2) is 4.62. The van der Waals surface area contributed by atoms with Crippen molar-refractivity contribution in [1.29, 1.82) is 0 Å². The second-order valence-corrected chi connectivity index (χ2v) is 7.36. The number of rotatable bonds is 4. The summed E-state index contributed by atoms with van der Waals surface area (Å²) in [4.78, 5) is 4.30. The van der Waals surface area contributed by atoms with E-state index in [9.17, 15) is 8.42 Å². The van der Waals surface area contributed by atoms with E-state index in [1.54, 1.807) is 6.92 Å². The first kappa shape index (κ1) is 13.5. The molecule has 2 atom stereocenters. The Morgan fingerprint density at radius 3 is 2.78 bits per heavy atom. The highest BCUT2D eigenvalue weighted by atomic mass is 32.2. The lowest BCUT2D eigenvalue weighted by Crippen LogP contribution is -2.28. The molecule has 102 valence electrons. The van der Waals surface area contributed by atoms with Gasteiger partial charge in [0.15, 0.2) is 15.7 Å². The molecule has 0 aliphatic carbocycles. The molecule has 0 spiro atoms. The molecule has 2 unspecified atom stereocenters. The Balaban J connectivity index is 2.30. The van der Waals surface area contributed by atoms with E-state index in [0.29, 0.717) is 5.89 Å². The van der Waals surface area contributed by atoms with Gasteiger partial charge in [0.25, 0.3) is 0 Å². The van der Waals surface area contributed by atoms with Crippen LogP contribution in [0.4, 0.5) is 0 Å². The van der Waals surface area contributed by atoms with Crippen molar-refractivity contribution in [2.45, 2.75) is 37.4 Å². The molecule has 7 heteroatoms. The maximum Gasteiger partial charge on any atom is 0.234 e. The molecule has 18 heavy (non-hydrogen) atoms. The molecule has 1 fully saturated rings. The molecule has 1 aliphatic heterocycles. The first-order chi connectivity index (χ1) is 8.39. The minimum atomic E-state index is -3.19. The highest BCUT2D eigenvalue weighted by Gasteiger charge is 2.40. The zero-order chi connectivity index (χ0) is 13.4. The Hall–Kier alpha value is -0.950. The summed E-state index contributed by atoms with van der Waals surface area (Å²) in [7, 11) is -3.19. The molecule has 1 aromatic rings. The molecule has 1 N–H and O–H groups in total. The molecule has 0 aromatic carbocycles. The van der Waals surface area contributed by atoms with Gasteiger partial charge in [0, 0.05) is 12.8 Å². The minimum absolute atomic E-state index is 0.136. The predicted molar refractivity (Wildman–Crippen MR) is 67.0 cm³/mol. The molecule has 0 radical (unpaired) electrons. The van der Waals surface area contributed by atoms with Crippen LogP contribution in [0, 0.1) is 0 Å². The zero-order valence-electron chi connectivity index (χ0n) is 10.9. The van der Waals surface area contributed by atoms with E-state index in [1.165, 1.54) is 6.26 Å². The van der Waals surface area contributed by atoms with Gasteiger partial charge in [0.2, 0.25) is 5.89 Å². The monoisotopic (exact) mass is 273 g/mol. The fourth-order valence-electron chi connectivity index (χ4n) is 2.19. The second-order valence-electron chi connectivity index (χ2n) is 4.99. The molecule has 1 saturated heterocycles. The summed E-state index contributed by atoms with van der Waals surface area (Å²) < 4.78 is 28.2. The van der Waals surface area contributed by atoms with Gasteiger partial charge in [-0.3, -0.25) is 0 Å². The van der Waals surface area contributed by atoms with Gasteiger partial charge in [-0.15, -0.1) is 0 Å². The molecule has 2 heterocycles. The zero-order valence-corrected chi connectivity index (χ0v) is 11.7. The van der Waals surface area contributed by atoms with E-state index in [1.807, 2.05) is 0 Å². The van der Waals surface area contributed by atoms with Crippen LogP contribution in [0.1, 0.15) is 43.7 Å². The third kappa shape index (κ3) is 2.29. The molecule has 0 saturated carbocycles. The largest absolute Gasteiger partial charge is 0.339 e. The Bertz CT molecular complexity index is 517. The molecule has 0 bridgehead atoms. The standard InChI is InChI=1S/C11H19N3O3S/c1-4-11(5-6-12-7-11)10-13-9(14-17-10)8(2)18(3,15)16/h8,12H,4-7H2,1-3H3. The van der Waals surface area contributed by atoms with Crippen LogP contribution >= 0.6 is 0 Å². The van der Waals surface area contributed by atoms with Gasteiger partial charge >= 0.3 is 0 Å². The number of hydrogen-bond donors (Lipinski definition) is 1. The highest BCUT2D eigenvalue weighted by Crippen LogP contribution is 2.33. The van der Waals surface area contributed by atoms with Crippen molar-refractivity contribution in [2.75, 3.05) is 19.3 Å². The van der Waals surface area contributed by atoms with Crippen molar-refractivity contribution < 1.29 is 12.9 Å². The van der Waals surface area contributed by atoms with E-state index in [-0.39, 0.29) is 11.2 Å². The quantitative estimate of drug-likeness (QED) is 0.874. The van der Waals surface area contributed by atoms with Crippen LogP contribution in [-0.4, -0.2) is 37.9 Å². The van der Waals surface area contributed by atoms with Gasteiger partial charge in [-0.2, -0.15) is 4.98 Å². The summed E-state index contributed by atoms with van der Waals surface area (Å²) >= 11 is 0. The predicted octanol–water partition coefficient (Wildman–Crippen LogP) is 0.816. The normalized spacial score (nSPS) is 26.4. The van der Waals surface area contributed by atoms with E-state index in [2.05, 4.69) is 22.4 Å². The van der Waals surface area contributed by atoms with E-state index in [0.717, 1.165) is 25.9 Å². The van der Waals surface area contributed by atoms with Crippen LogP contribution in [-0.2, 0) is 15.3 Å². The topological polar surface area (TPSA) is 85.1 Å². The maximum absolute atomic E-state index is 11.5. The number of hydrogen-bond acceptors (Lipinski definition) is 6. The van der Waals surface area contributed by atoms with E-state index < -0.39 is 15.1 Å². The van der Waals surface area contributed by atoms with Crippen molar-refractivity contribution >= 4 is 9.84 Å². The summed E-state index contributed by atoms with van der Waals surface area (Å²) in [5.74, 6) is 0.813. The van der Waals surface area contributed by atoms with E-state index in [4.69, 9.17) is 4.52 Å². The minimum Gasteiger partial charge on any atom is -0.339 e. The molecular formula is C11H19N3O3S. The Morgan fingerprint density at radius 1 is 1.56 bits per heavy atom. The lowest BCUT2D eigenvalue weighted by Gasteiger charge is -2.20. The Kier molecular flexibility index (Phi) is 3.46. The van der Waals surface area contributed by atoms with Gasteiger partial charge < -0.3 is 9.84 Å². The summed E-state index contributed by atoms with van der Waals surface area (Å²) in [5, 5.41) is 6.39. The lowest BCUT2D eigenvalue weighted by atomic mass is 9.84. The number of nitrogens with one attached hydrogen (secondary N) is 1. The molecular weight excluding hydrogens is 254 g/mol. The van der Waals surface area contributed by atoms with Crippen molar-refractivity contribution in [3.8, 4) is 0 Å². The molecule has 0 amide bonds. The smallest absolute Gasteiger partial charge is 0.234 e. The first-order valence-corrected chi connectivity index (χ1v) is 8.08. The third-order valence-electron chi connectivity index (χ3n) is 3.82. The van der Waals surface area contributed by atoms with Crippen molar-refractivity contribution in [1.82, 2.24) is 15.5 Å². The summed E-state index contributed by atoms with van der Waals surface area (Å²) in [6, 6.07) is 0. The van der Waals surface area contributed by atoms with Crippen LogP contribution in [0.15, 0.2) is 4.52 Å². The van der Waals surface area contributed by atoms with Crippen molar-refractivity contribution in [2.24, 2.45) is 0 Å². The average molecular weight is 273 g/mol. The Morgan fingerprint density at radius 2 is 2.28 bits per heavy atom. The first-order valence-electron chi connectivity index (χ1n) is 6.13. The van der Waals surface area contributed by atoms with E-state index >= 15 is 0 Å². The van der Waals surface area contributed by atoms with Gasteiger partial charge in [-0.05, 0) is 26.3 Å². The number of nitrogens with zero attached hydrogens (tertiary/aromatic N) is 2. The van der Waals surface area contributed by atoms with Crippen LogP contribution in [0.3, 0.4) is 0 Å². The number of sulfone groups is 1. The van der Waals surface area contributed by atoms with Crippen LogP contribution < -0.4 is 5.32 Å². The molecule has 1 aliphatic rings.